The first kappa shape index (κ1) is 19.7. The Balaban J connectivity index is 1.70. The van der Waals surface area contributed by atoms with Crippen LogP contribution in [0.25, 0.3) is 0 Å². The van der Waals surface area contributed by atoms with Crippen LogP contribution in [0.5, 0.6) is 11.5 Å². The molecule has 1 N–H and O–H groups in total. The van der Waals surface area contributed by atoms with E-state index in [0.717, 1.165) is 5.56 Å². The van der Waals surface area contributed by atoms with Crippen molar-refractivity contribution in [3.63, 3.8) is 0 Å². The van der Waals surface area contributed by atoms with Crippen LogP contribution in [0.3, 0.4) is 0 Å². The van der Waals surface area contributed by atoms with Crippen molar-refractivity contribution in [2.24, 2.45) is 0 Å². The number of nitro benzene ring substituents is 1. The highest BCUT2D eigenvalue weighted by Crippen LogP contribution is 2.17. The first-order valence-electron chi connectivity index (χ1n) is 7.91. The Labute approximate surface area is 155 Å². The summed E-state index contributed by atoms with van der Waals surface area (Å²) in [6, 6.07) is 12.5. The lowest BCUT2D eigenvalue weighted by Crippen LogP contribution is -2.29. The summed E-state index contributed by atoms with van der Waals surface area (Å²) in [6.07, 6.45) is 0. The molecule has 0 aliphatic carbocycles. The summed E-state index contributed by atoms with van der Waals surface area (Å²) in [5.74, 6) is -0.283. The molecular formula is C18H18N2O7. The quantitative estimate of drug-likeness (QED) is 0.404. The van der Waals surface area contributed by atoms with Gasteiger partial charge in [-0.15, -0.1) is 0 Å². The third-order valence-corrected chi connectivity index (χ3v) is 3.44. The lowest BCUT2D eigenvalue weighted by atomic mass is 10.2. The maximum absolute atomic E-state index is 11.8. The number of benzene rings is 2. The number of carbonyl (C=O) groups is 2. The van der Waals surface area contributed by atoms with Gasteiger partial charge < -0.3 is 19.5 Å². The van der Waals surface area contributed by atoms with Gasteiger partial charge in [0, 0.05) is 24.2 Å². The Bertz CT molecular complexity index is 806. The van der Waals surface area contributed by atoms with Crippen LogP contribution in [0.1, 0.15) is 5.56 Å². The summed E-state index contributed by atoms with van der Waals surface area (Å²) in [5, 5.41) is 13.2. The molecule has 0 fully saturated rings. The van der Waals surface area contributed by atoms with Gasteiger partial charge in [-0.3, -0.25) is 14.9 Å². The van der Waals surface area contributed by atoms with Gasteiger partial charge in [0.2, 0.25) is 0 Å². The van der Waals surface area contributed by atoms with Crippen LogP contribution in [-0.4, -0.2) is 37.1 Å². The van der Waals surface area contributed by atoms with E-state index in [9.17, 15) is 19.7 Å². The molecule has 0 aliphatic heterocycles. The number of methoxy groups -OCH3 is 1. The molecular weight excluding hydrogens is 356 g/mol. The highest BCUT2D eigenvalue weighted by Gasteiger charge is 2.10. The molecule has 0 saturated carbocycles. The second kappa shape index (κ2) is 9.76. The Hall–Kier alpha value is -3.62. The van der Waals surface area contributed by atoms with E-state index in [-0.39, 0.29) is 18.0 Å². The van der Waals surface area contributed by atoms with E-state index in [4.69, 9.17) is 14.2 Å². The Morgan fingerprint density at radius 3 is 2.44 bits per heavy atom. The van der Waals surface area contributed by atoms with Gasteiger partial charge in [0.15, 0.2) is 13.2 Å². The normalized spacial score (nSPS) is 9.96. The lowest BCUT2D eigenvalue weighted by Gasteiger charge is -2.10. The summed E-state index contributed by atoms with van der Waals surface area (Å²) >= 11 is 0. The topological polar surface area (TPSA) is 117 Å². The van der Waals surface area contributed by atoms with Crippen molar-refractivity contribution in [2.45, 2.75) is 6.54 Å². The van der Waals surface area contributed by atoms with Crippen LogP contribution < -0.4 is 14.8 Å². The average molecular weight is 374 g/mol. The number of amides is 1. The number of para-hydroxylation sites is 1. The number of hydrogen-bond acceptors (Lipinski definition) is 7. The fourth-order valence-electron chi connectivity index (χ4n) is 2.09. The van der Waals surface area contributed by atoms with Crippen molar-refractivity contribution in [2.75, 3.05) is 20.3 Å². The summed E-state index contributed by atoms with van der Waals surface area (Å²) < 4.78 is 15.1. The van der Waals surface area contributed by atoms with Crippen molar-refractivity contribution in [3.8, 4) is 11.5 Å². The number of nitrogens with zero attached hydrogens (tertiary/aromatic N) is 1. The predicted octanol–water partition coefficient (Wildman–Crippen LogP) is 1.84. The van der Waals surface area contributed by atoms with E-state index in [1.165, 1.54) is 31.4 Å². The number of carbonyl (C=O) groups excluding carboxylic acids is 2. The van der Waals surface area contributed by atoms with Crippen molar-refractivity contribution in [3.05, 3.63) is 64.2 Å². The van der Waals surface area contributed by atoms with Gasteiger partial charge in [0.05, 0.1) is 12.0 Å². The van der Waals surface area contributed by atoms with Gasteiger partial charge in [-0.2, -0.15) is 0 Å². The van der Waals surface area contributed by atoms with Gasteiger partial charge in [-0.1, -0.05) is 18.2 Å². The molecule has 27 heavy (non-hydrogen) atoms. The average Bonchev–Trinajstić information content (AvgIpc) is 2.69. The number of esters is 1. The Morgan fingerprint density at radius 1 is 1.07 bits per heavy atom. The largest absolute Gasteiger partial charge is 0.496 e. The molecule has 0 heterocycles. The van der Waals surface area contributed by atoms with Crippen LogP contribution in [0.15, 0.2) is 48.5 Å². The van der Waals surface area contributed by atoms with E-state index in [1.807, 2.05) is 18.2 Å². The van der Waals surface area contributed by atoms with Crippen LogP contribution in [-0.2, 0) is 20.9 Å². The standard InChI is InChI=1S/C18H18N2O7/c1-25-16-5-3-2-4-13(16)10-19-17(21)11-27-18(22)12-26-15-8-6-14(7-9-15)20(23)24/h2-9H,10-12H2,1H3,(H,19,21). The smallest absolute Gasteiger partial charge is 0.344 e. The van der Waals surface area contributed by atoms with Crippen molar-refractivity contribution < 1.29 is 28.7 Å². The number of nitrogens with one attached hydrogen (secondary N) is 1. The number of non-ortho nitro benzene ring substituents is 1. The number of ether oxygens (including phenoxy) is 3. The van der Waals surface area contributed by atoms with E-state index < -0.39 is 30.0 Å². The molecule has 0 bridgehead atoms. The fraction of sp³-hybridized carbons (Fsp3) is 0.222. The molecule has 9 nitrogen and oxygen atoms in total. The molecule has 0 unspecified atom stereocenters. The molecule has 2 aromatic rings. The van der Waals surface area contributed by atoms with Crippen LogP contribution in [0.4, 0.5) is 5.69 Å². The second-order valence-electron chi connectivity index (χ2n) is 5.29. The van der Waals surface area contributed by atoms with Crippen LogP contribution in [0.2, 0.25) is 0 Å². The monoisotopic (exact) mass is 374 g/mol. The minimum absolute atomic E-state index is 0.0864. The van der Waals surface area contributed by atoms with Crippen molar-refractivity contribution in [1.82, 2.24) is 5.32 Å². The zero-order chi connectivity index (χ0) is 19.6. The van der Waals surface area contributed by atoms with Gasteiger partial charge in [0.1, 0.15) is 11.5 Å². The zero-order valence-corrected chi connectivity index (χ0v) is 14.5. The van der Waals surface area contributed by atoms with Gasteiger partial charge >= 0.3 is 5.97 Å². The molecule has 1 amide bonds. The van der Waals surface area contributed by atoms with Crippen molar-refractivity contribution in [1.29, 1.82) is 0 Å². The number of rotatable bonds is 9. The molecule has 142 valence electrons. The zero-order valence-electron chi connectivity index (χ0n) is 14.5. The van der Waals surface area contributed by atoms with Gasteiger partial charge in [-0.05, 0) is 18.2 Å². The summed E-state index contributed by atoms with van der Waals surface area (Å²) in [6.45, 7) is -0.630. The molecule has 2 aromatic carbocycles. The first-order chi connectivity index (χ1) is 13.0. The minimum atomic E-state index is -0.735. The van der Waals surface area contributed by atoms with E-state index in [2.05, 4.69) is 5.32 Å². The predicted molar refractivity (Wildman–Crippen MR) is 94.4 cm³/mol. The summed E-state index contributed by atoms with van der Waals surface area (Å²) in [5.41, 5.74) is 0.706. The van der Waals surface area contributed by atoms with E-state index in [0.29, 0.717) is 5.75 Å². The van der Waals surface area contributed by atoms with E-state index >= 15 is 0 Å². The molecule has 9 heteroatoms. The van der Waals surface area contributed by atoms with Crippen molar-refractivity contribution >= 4 is 17.6 Å². The molecule has 0 radical (unpaired) electrons. The van der Waals surface area contributed by atoms with Crippen LogP contribution >= 0.6 is 0 Å². The summed E-state index contributed by atoms with van der Waals surface area (Å²) in [4.78, 5) is 33.4. The Morgan fingerprint density at radius 2 is 1.78 bits per heavy atom. The van der Waals surface area contributed by atoms with Gasteiger partial charge in [0.25, 0.3) is 11.6 Å². The number of nitro groups is 1. The van der Waals surface area contributed by atoms with E-state index in [1.54, 1.807) is 6.07 Å². The minimum Gasteiger partial charge on any atom is -0.496 e. The maximum atomic E-state index is 11.8. The fourth-order valence-corrected chi connectivity index (χ4v) is 2.09. The first-order valence-corrected chi connectivity index (χ1v) is 7.91. The molecule has 0 aromatic heterocycles. The molecule has 0 saturated heterocycles. The summed E-state index contributed by atoms with van der Waals surface area (Å²) in [7, 11) is 1.54. The van der Waals surface area contributed by atoms with Gasteiger partial charge in [-0.25, -0.2) is 4.79 Å². The Kier molecular flexibility index (Phi) is 7.12. The lowest BCUT2D eigenvalue weighted by molar-refractivity contribution is -0.384. The highest BCUT2D eigenvalue weighted by molar-refractivity contribution is 5.80. The maximum Gasteiger partial charge on any atom is 0.344 e. The molecule has 0 spiro atoms. The van der Waals surface area contributed by atoms with Crippen LogP contribution in [0, 0.1) is 10.1 Å². The third-order valence-electron chi connectivity index (χ3n) is 3.44. The SMILES string of the molecule is COc1ccccc1CNC(=O)COC(=O)COc1ccc([N+](=O)[O-])cc1. The third kappa shape index (κ3) is 6.31. The molecule has 0 aliphatic rings. The molecule has 2 rings (SSSR count). The number of hydrogen-bond donors (Lipinski definition) is 1. The molecule has 0 atom stereocenters. The second-order valence-corrected chi connectivity index (χ2v) is 5.29. The highest BCUT2D eigenvalue weighted by atomic mass is 16.6.